The van der Waals surface area contributed by atoms with Crippen molar-refractivity contribution in [1.82, 2.24) is 5.32 Å². The molecule has 0 radical (unpaired) electrons. The van der Waals surface area contributed by atoms with Crippen LogP contribution in [0, 0.1) is 29.5 Å². The van der Waals surface area contributed by atoms with Crippen LogP contribution in [0.2, 0.25) is 0 Å². The number of hydrogen-bond donors (Lipinski definition) is 1. The second-order valence-corrected chi connectivity index (χ2v) is 6.69. The summed E-state index contributed by atoms with van der Waals surface area (Å²) in [5, 5.41) is 3.86. The van der Waals surface area contributed by atoms with Gasteiger partial charge in [-0.1, -0.05) is 19.1 Å². The third-order valence-corrected chi connectivity index (χ3v) is 5.81. The molecule has 0 heterocycles. The van der Waals surface area contributed by atoms with Crippen molar-refractivity contribution in [3.8, 4) is 0 Å². The summed E-state index contributed by atoms with van der Waals surface area (Å²) in [6.45, 7) is 2.22. The van der Waals surface area contributed by atoms with Crippen LogP contribution in [-0.4, -0.2) is 6.04 Å². The molecule has 1 N–H and O–H groups in total. The van der Waals surface area contributed by atoms with Crippen molar-refractivity contribution in [2.45, 2.75) is 44.7 Å². The molecule has 0 aromatic heterocycles. The zero-order valence-corrected chi connectivity index (χ0v) is 11.5. The molecule has 3 fully saturated rings. The van der Waals surface area contributed by atoms with E-state index in [0.29, 0.717) is 6.04 Å². The lowest BCUT2D eigenvalue weighted by atomic mass is 10.0. The van der Waals surface area contributed by atoms with Gasteiger partial charge in [-0.15, -0.1) is 0 Å². The van der Waals surface area contributed by atoms with Crippen LogP contribution in [0.4, 0.5) is 4.39 Å². The lowest BCUT2D eigenvalue weighted by Crippen LogP contribution is -2.27. The maximum Gasteiger partial charge on any atom is 0.123 e. The minimum Gasteiger partial charge on any atom is -0.307 e. The molecule has 1 aromatic rings. The van der Waals surface area contributed by atoms with Crippen LogP contribution in [0.3, 0.4) is 0 Å². The summed E-state index contributed by atoms with van der Waals surface area (Å²) in [6, 6.07) is 8.18. The van der Waals surface area contributed by atoms with Crippen LogP contribution in [0.1, 0.15) is 44.2 Å². The van der Waals surface area contributed by atoms with Crippen LogP contribution in [-0.2, 0) is 0 Å². The van der Waals surface area contributed by atoms with Crippen LogP contribution in [0.15, 0.2) is 24.3 Å². The summed E-state index contributed by atoms with van der Waals surface area (Å²) >= 11 is 0. The quantitative estimate of drug-likeness (QED) is 0.864. The lowest BCUT2D eigenvalue weighted by molar-refractivity contribution is 0.415. The van der Waals surface area contributed by atoms with Crippen molar-refractivity contribution in [2.24, 2.45) is 23.7 Å². The van der Waals surface area contributed by atoms with Crippen LogP contribution < -0.4 is 5.32 Å². The maximum absolute atomic E-state index is 13.0. The normalized spacial score (nSPS) is 40.2. The summed E-state index contributed by atoms with van der Waals surface area (Å²) in [6.07, 6.45) is 5.52. The van der Waals surface area contributed by atoms with Crippen molar-refractivity contribution in [2.75, 3.05) is 0 Å². The first-order valence-corrected chi connectivity index (χ1v) is 7.79. The number of fused-ring (bicyclic) bond motifs is 5. The van der Waals surface area contributed by atoms with Crippen molar-refractivity contribution in [3.63, 3.8) is 0 Å². The van der Waals surface area contributed by atoms with Gasteiger partial charge in [-0.05, 0) is 67.1 Å². The van der Waals surface area contributed by atoms with Gasteiger partial charge in [0.2, 0.25) is 0 Å². The van der Waals surface area contributed by atoms with Gasteiger partial charge in [-0.2, -0.15) is 0 Å². The molecular weight excluding hydrogens is 237 g/mol. The van der Waals surface area contributed by atoms with E-state index in [9.17, 15) is 4.39 Å². The molecule has 2 heteroatoms. The molecule has 5 unspecified atom stereocenters. The van der Waals surface area contributed by atoms with Crippen molar-refractivity contribution < 1.29 is 4.39 Å². The lowest BCUT2D eigenvalue weighted by Gasteiger charge is -2.20. The van der Waals surface area contributed by atoms with Crippen molar-refractivity contribution in [1.29, 1.82) is 0 Å². The topological polar surface area (TPSA) is 12.0 Å². The molecule has 3 aliphatic rings. The zero-order chi connectivity index (χ0) is 13.0. The Morgan fingerprint density at radius 1 is 1.16 bits per heavy atom. The zero-order valence-electron chi connectivity index (χ0n) is 11.5. The standard InChI is InChI=1S/C17H22FN/c1-2-14(10-5-7-13(18)8-6-10)19-17-15-11-3-4-12(9-11)16(15)17/h5-8,11-12,14-17,19H,2-4,9H2,1H3. The highest BCUT2D eigenvalue weighted by Gasteiger charge is 2.64. The van der Waals surface area contributed by atoms with E-state index in [-0.39, 0.29) is 5.82 Å². The Morgan fingerprint density at radius 2 is 1.79 bits per heavy atom. The maximum atomic E-state index is 13.0. The fraction of sp³-hybridized carbons (Fsp3) is 0.647. The summed E-state index contributed by atoms with van der Waals surface area (Å²) in [5.74, 6) is 3.82. The van der Waals surface area contributed by atoms with E-state index in [2.05, 4.69) is 12.2 Å². The smallest absolute Gasteiger partial charge is 0.123 e. The van der Waals surface area contributed by atoms with Gasteiger partial charge >= 0.3 is 0 Å². The van der Waals surface area contributed by atoms with E-state index in [1.807, 2.05) is 12.1 Å². The van der Waals surface area contributed by atoms with Crippen LogP contribution in [0.25, 0.3) is 0 Å². The molecule has 3 saturated carbocycles. The highest BCUT2D eigenvalue weighted by Crippen LogP contribution is 2.65. The van der Waals surface area contributed by atoms with E-state index in [1.165, 1.54) is 24.8 Å². The predicted molar refractivity (Wildman–Crippen MR) is 74.2 cm³/mol. The number of hydrogen-bond acceptors (Lipinski definition) is 1. The molecule has 102 valence electrons. The van der Waals surface area contributed by atoms with Gasteiger partial charge in [0.15, 0.2) is 0 Å². The number of rotatable bonds is 4. The third kappa shape index (κ3) is 1.84. The van der Waals surface area contributed by atoms with E-state index in [0.717, 1.165) is 36.1 Å². The molecule has 1 nitrogen and oxygen atoms in total. The highest BCUT2D eigenvalue weighted by atomic mass is 19.1. The first kappa shape index (κ1) is 11.9. The Hall–Kier alpha value is -0.890. The average Bonchev–Trinajstić information content (AvgIpc) is 2.82. The van der Waals surface area contributed by atoms with E-state index < -0.39 is 0 Å². The molecule has 0 amide bonds. The van der Waals surface area contributed by atoms with E-state index in [4.69, 9.17) is 0 Å². The Morgan fingerprint density at radius 3 is 2.37 bits per heavy atom. The van der Waals surface area contributed by atoms with E-state index in [1.54, 1.807) is 12.1 Å². The SMILES string of the molecule is CCC(NC1C2C3CCC(C3)C12)c1ccc(F)cc1. The fourth-order valence-electron chi connectivity index (χ4n) is 4.93. The van der Waals surface area contributed by atoms with Gasteiger partial charge in [0.05, 0.1) is 0 Å². The second kappa shape index (κ2) is 4.31. The minimum atomic E-state index is -0.139. The molecule has 19 heavy (non-hydrogen) atoms. The number of nitrogens with one attached hydrogen (secondary N) is 1. The Labute approximate surface area is 114 Å². The third-order valence-electron chi connectivity index (χ3n) is 5.81. The minimum absolute atomic E-state index is 0.139. The Bertz CT molecular complexity index is 453. The number of benzene rings is 1. The molecule has 5 atom stereocenters. The average molecular weight is 259 g/mol. The predicted octanol–water partition coefficient (Wildman–Crippen LogP) is 3.91. The molecule has 3 aliphatic carbocycles. The van der Waals surface area contributed by atoms with Gasteiger partial charge < -0.3 is 5.32 Å². The van der Waals surface area contributed by atoms with Gasteiger partial charge in [0.25, 0.3) is 0 Å². The van der Waals surface area contributed by atoms with Gasteiger partial charge in [0.1, 0.15) is 5.82 Å². The molecule has 4 rings (SSSR count). The molecular formula is C17H22FN. The van der Waals surface area contributed by atoms with Gasteiger partial charge in [0, 0.05) is 12.1 Å². The van der Waals surface area contributed by atoms with Crippen LogP contribution in [0.5, 0.6) is 0 Å². The Balaban J connectivity index is 1.46. The monoisotopic (exact) mass is 259 g/mol. The molecule has 0 spiro atoms. The highest BCUT2D eigenvalue weighted by molar-refractivity contribution is 5.23. The summed E-state index contributed by atoms with van der Waals surface area (Å²) in [7, 11) is 0. The summed E-state index contributed by atoms with van der Waals surface area (Å²) in [4.78, 5) is 0. The summed E-state index contributed by atoms with van der Waals surface area (Å²) in [5.41, 5.74) is 1.24. The van der Waals surface area contributed by atoms with E-state index >= 15 is 0 Å². The van der Waals surface area contributed by atoms with Gasteiger partial charge in [-0.3, -0.25) is 0 Å². The van der Waals surface area contributed by atoms with Crippen LogP contribution >= 0.6 is 0 Å². The molecule has 2 bridgehead atoms. The first-order valence-electron chi connectivity index (χ1n) is 7.79. The Kier molecular flexibility index (Phi) is 2.70. The van der Waals surface area contributed by atoms with Crippen molar-refractivity contribution >= 4 is 0 Å². The second-order valence-electron chi connectivity index (χ2n) is 6.69. The molecule has 1 aromatic carbocycles. The fourth-order valence-corrected chi connectivity index (χ4v) is 4.93. The first-order chi connectivity index (χ1) is 9.28. The van der Waals surface area contributed by atoms with Crippen molar-refractivity contribution in [3.05, 3.63) is 35.6 Å². The number of halogens is 1. The largest absolute Gasteiger partial charge is 0.307 e. The van der Waals surface area contributed by atoms with Gasteiger partial charge in [-0.25, -0.2) is 4.39 Å². The molecule has 0 aliphatic heterocycles. The summed E-state index contributed by atoms with van der Waals surface area (Å²) < 4.78 is 13.0. The molecule has 0 saturated heterocycles.